The van der Waals surface area contributed by atoms with Gasteiger partial charge in [-0.25, -0.2) is 15.0 Å². The van der Waals surface area contributed by atoms with E-state index in [0.717, 1.165) is 88.8 Å². The fourth-order valence-electron chi connectivity index (χ4n) is 7.83. The van der Waals surface area contributed by atoms with Crippen LogP contribution in [0.15, 0.2) is 203 Å². The zero-order valence-electron chi connectivity index (χ0n) is 30.6. The van der Waals surface area contributed by atoms with Gasteiger partial charge in [0.1, 0.15) is 22.3 Å². The maximum absolute atomic E-state index is 6.67. The second-order valence-electron chi connectivity index (χ2n) is 14.0. The number of furan rings is 2. The van der Waals surface area contributed by atoms with Crippen molar-refractivity contribution in [1.29, 1.82) is 0 Å². The molecule has 0 N–H and O–H groups in total. The maximum atomic E-state index is 6.67. The maximum Gasteiger partial charge on any atom is 0.164 e. The van der Waals surface area contributed by atoms with Crippen LogP contribution in [0.4, 0.5) is 17.1 Å². The first-order chi connectivity index (χ1) is 28.2. The Labute approximate surface area is 328 Å². The number of aromatic nitrogens is 3. The molecule has 8 aromatic carbocycles. The van der Waals surface area contributed by atoms with Crippen molar-refractivity contribution in [2.45, 2.75) is 0 Å². The molecule has 0 spiro atoms. The van der Waals surface area contributed by atoms with Gasteiger partial charge in [0.25, 0.3) is 0 Å². The van der Waals surface area contributed by atoms with Gasteiger partial charge in [-0.15, -0.1) is 0 Å². The van der Waals surface area contributed by atoms with Crippen molar-refractivity contribution in [2.24, 2.45) is 0 Å². The van der Waals surface area contributed by atoms with Crippen molar-refractivity contribution < 1.29 is 8.83 Å². The molecule has 0 saturated heterocycles. The molecule has 0 aliphatic heterocycles. The van der Waals surface area contributed by atoms with Crippen LogP contribution in [-0.2, 0) is 0 Å². The number of fused-ring (bicyclic) bond motifs is 6. The van der Waals surface area contributed by atoms with Crippen LogP contribution in [0.5, 0.6) is 0 Å². The Kier molecular flexibility index (Phi) is 7.71. The number of hydrogen-bond acceptors (Lipinski definition) is 6. The number of hydrogen-bond donors (Lipinski definition) is 0. The first-order valence-corrected chi connectivity index (χ1v) is 18.9. The van der Waals surface area contributed by atoms with Gasteiger partial charge < -0.3 is 13.7 Å². The summed E-state index contributed by atoms with van der Waals surface area (Å²) in [6, 6.07) is 66.2. The van der Waals surface area contributed by atoms with E-state index in [-0.39, 0.29) is 0 Å². The van der Waals surface area contributed by atoms with E-state index in [9.17, 15) is 0 Å². The van der Waals surface area contributed by atoms with Crippen molar-refractivity contribution in [3.05, 3.63) is 194 Å². The van der Waals surface area contributed by atoms with Crippen LogP contribution in [0, 0.1) is 0 Å². The highest BCUT2D eigenvalue weighted by molar-refractivity contribution is 6.13. The van der Waals surface area contributed by atoms with Gasteiger partial charge in [-0.1, -0.05) is 127 Å². The highest BCUT2D eigenvalue weighted by Crippen LogP contribution is 2.42. The monoisotopic (exact) mass is 732 g/mol. The summed E-state index contributed by atoms with van der Waals surface area (Å²) in [6.07, 6.45) is 0. The van der Waals surface area contributed by atoms with Gasteiger partial charge in [0.2, 0.25) is 0 Å². The van der Waals surface area contributed by atoms with E-state index < -0.39 is 0 Å². The summed E-state index contributed by atoms with van der Waals surface area (Å²) < 4.78 is 13.0. The van der Waals surface area contributed by atoms with E-state index in [0.29, 0.717) is 17.5 Å². The van der Waals surface area contributed by atoms with Crippen LogP contribution in [0.25, 0.3) is 89.2 Å². The number of benzene rings is 8. The van der Waals surface area contributed by atoms with Gasteiger partial charge in [-0.3, -0.25) is 0 Å². The normalized spacial score (nSPS) is 11.5. The second-order valence-corrected chi connectivity index (χ2v) is 14.0. The van der Waals surface area contributed by atoms with Crippen molar-refractivity contribution in [3.8, 4) is 45.3 Å². The molecule has 0 aliphatic carbocycles. The summed E-state index contributed by atoms with van der Waals surface area (Å²) in [7, 11) is 0. The highest BCUT2D eigenvalue weighted by atomic mass is 16.3. The van der Waals surface area contributed by atoms with Crippen LogP contribution in [0.1, 0.15) is 0 Å². The fourth-order valence-corrected chi connectivity index (χ4v) is 7.83. The number of nitrogens with zero attached hydrogens (tertiary/aromatic N) is 4. The van der Waals surface area contributed by atoms with Crippen molar-refractivity contribution in [3.63, 3.8) is 0 Å². The second kappa shape index (κ2) is 13.5. The molecule has 0 bridgehead atoms. The molecule has 11 rings (SSSR count). The molecule has 3 aromatic heterocycles. The third kappa shape index (κ3) is 5.79. The SMILES string of the molecule is c1ccc(-c2cccc(-c3nc(-c4ccccc4)nc(-c4cccc5oc6cc(N(c7ccccc7)c7ccc8c(c7)oc7ccccc78)ccc6c45)n3)c2)cc1. The smallest absolute Gasteiger partial charge is 0.164 e. The number of anilines is 3. The highest BCUT2D eigenvalue weighted by Gasteiger charge is 2.21. The topological polar surface area (TPSA) is 68.2 Å². The summed E-state index contributed by atoms with van der Waals surface area (Å²) >= 11 is 0. The predicted octanol–water partition coefficient (Wildman–Crippen LogP) is 13.8. The van der Waals surface area contributed by atoms with E-state index in [1.165, 1.54) is 0 Å². The Morgan fingerprint density at radius 2 is 0.842 bits per heavy atom. The Balaban J connectivity index is 1.06. The minimum Gasteiger partial charge on any atom is -0.456 e. The molecule has 0 aliphatic rings. The lowest BCUT2D eigenvalue weighted by Crippen LogP contribution is -2.09. The summed E-state index contributed by atoms with van der Waals surface area (Å²) in [5, 5.41) is 4.11. The zero-order valence-corrected chi connectivity index (χ0v) is 30.6. The Morgan fingerprint density at radius 1 is 0.316 bits per heavy atom. The molecule has 0 atom stereocenters. The lowest BCUT2D eigenvalue weighted by Gasteiger charge is -2.25. The van der Waals surface area contributed by atoms with Crippen molar-refractivity contribution >= 4 is 60.9 Å². The predicted molar refractivity (Wildman–Crippen MR) is 231 cm³/mol. The third-order valence-corrected chi connectivity index (χ3v) is 10.5. The first-order valence-electron chi connectivity index (χ1n) is 18.9. The minimum absolute atomic E-state index is 0.575. The standard InChI is InChI=1S/C51H32N4O2/c1-4-14-33(15-5-1)35-18-12-19-36(30-35)50-52-49(34-16-6-2-7-17-34)53-51(54-50)43-23-13-25-45-48(43)42-29-27-39(32-47(42)57-45)55(37-20-8-3-9-21-37)38-26-28-41-40-22-10-11-24-44(40)56-46(41)31-38/h1-32H. The minimum atomic E-state index is 0.575. The Morgan fingerprint density at radius 3 is 1.61 bits per heavy atom. The molecule has 268 valence electrons. The van der Waals surface area contributed by atoms with Crippen LogP contribution in [0.2, 0.25) is 0 Å². The van der Waals surface area contributed by atoms with Crippen LogP contribution >= 0.6 is 0 Å². The molecule has 6 heteroatoms. The summed E-state index contributed by atoms with van der Waals surface area (Å²) in [4.78, 5) is 17.5. The molecule has 6 nitrogen and oxygen atoms in total. The summed E-state index contributed by atoms with van der Waals surface area (Å²) in [5.74, 6) is 1.78. The van der Waals surface area contributed by atoms with E-state index in [1.54, 1.807) is 0 Å². The van der Waals surface area contributed by atoms with Gasteiger partial charge >= 0.3 is 0 Å². The van der Waals surface area contributed by atoms with E-state index in [1.807, 2.05) is 72.8 Å². The molecule has 0 unspecified atom stereocenters. The molecule has 3 heterocycles. The molecular weight excluding hydrogens is 701 g/mol. The molecule has 11 aromatic rings. The molecule has 0 radical (unpaired) electrons. The molecule has 0 amide bonds. The van der Waals surface area contributed by atoms with Gasteiger partial charge in [0.15, 0.2) is 17.5 Å². The average molecular weight is 733 g/mol. The van der Waals surface area contributed by atoms with Crippen LogP contribution in [-0.4, -0.2) is 15.0 Å². The van der Waals surface area contributed by atoms with Gasteiger partial charge in [-0.05, 0) is 65.7 Å². The largest absolute Gasteiger partial charge is 0.456 e. The fraction of sp³-hybridized carbons (Fsp3) is 0. The first kappa shape index (κ1) is 32.6. The summed E-state index contributed by atoms with van der Waals surface area (Å²) in [5.41, 5.74) is 11.1. The van der Waals surface area contributed by atoms with E-state index in [2.05, 4.69) is 126 Å². The van der Waals surface area contributed by atoms with Crippen LogP contribution < -0.4 is 4.90 Å². The van der Waals surface area contributed by atoms with Gasteiger partial charge in [0, 0.05) is 67.4 Å². The average Bonchev–Trinajstić information content (AvgIpc) is 3.85. The molecule has 57 heavy (non-hydrogen) atoms. The quantitative estimate of drug-likeness (QED) is 0.162. The Bertz CT molecular complexity index is 3250. The third-order valence-electron chi connectivity index (χ3n) is 10.5. The lowest BCUT2D eigenvalue weighted by molar-refractivity contribution is 0.669. The lowest BCUT2D eigenvalue weighted by atomic mass is 10.0. The zero-order chi connectivity index (χ0) is 37.7. The number of para-hydroxylation sites is 2. The van der Waals surface area contributed by atoms with E-state index >= 15 is 0 Å². The van der Waals surface area contributed by atoms with Crippen LogP contribution in [0.3, 0.4) is 0 Å². The van der Waals surface area contributed by atoms with Gasteiger partial charge in [0.05, 0.1) is 0 Å². The number of rotatable bonds is 7. The van der Waals surface area contributed by atoms with E-state index in [4.69, 9.17) is 23.8 Å². The molecule has 0 fully saturated rings. The Hall–Kier alpha value is -7.83. The van der Waals surface area contributed by atoms with Crippen molar-refractivity contribution in [2.75, 3.05) is 4.90 Å². The molecule has 0 saturated carbocycles. The van der Waals surface area contributed by atoms with Gasteiger partial charge in [-0.2, -0.15) is 0 Å². The molecular formula is C51H32N4O2. The summed E-state index contributed by atoms with van der Waals surface area (Å²) in [6.45, 7) is 0. The van der Waals surface area contributed by atoms with Crippen molar-refractivity contribution in [1.82, 2.24) is 15.0 Å².